The van der Waals surface area contributed by atoms with Crippen LogP contribution in [0.3, 0.4) is 0 Å². The molecular weight excluding hydrogens is 412 g/mol. The van der Waals surface area contributed by atoms with Crippen LogP contribution in [-0.4, -0.2) is 48.9 Å². The monoisotopic (exact) mass is 448 g/mol. The van der Waals surface area contributed by atoms with E-state index in [1.54, 1.807) is 31.4 Å². The molecule has 5 heteroatoms. The molecule has 176 valence electrons. The smallest absolute Gasteiger partial charge is 0.237 e. The number of benzene rings is 2. The number of carbonyl (C=O) groups is 2. The summed E-state index contributed by atoms with van der Waals surface area (Å²) in [5.41, 5.74) is 1.76. The standard InChI is InChI=1S/C28H36N2O3/c1-4-21(2)25(18-13-22-10-6-5-7-11-22)29-28(32)26-12-8-9-19-30(26)20-27(31)23-14-16-24(33-3)17-15-23/h5-7,10-11,13-18,21,25-26H,4,8-9,12,19-20H2,1-3H3,(H,29,32)/b18-13+/t21-,25+,26-/m0/s1. The highest BCUT2D eigenvalue weighted by atomic mass is 16.5. The lowest BCUT2D eigenvalue weighted by Crippen LogP contribution is -2.53. The Morgan fingerprint density at radius 1 is 1.12 bits per heavy atom. The van der Waals surface area contributed by atoms with Crippen molar-refractivity contribution in [2.24, 2.45) is 5.92 Å². The van der Waals surface area contributed by atoms with Gasteiger partial charge in [0.2, 0.25) is 5.91 Å². The lowest BCUT2D eigenvalue weighted by Gasteiger charge is -2.35. The van der Waals surface area contributed by atoms with Crippen molar-refractivity contribution >= 4 is 17.8 Å². The Morgan fingerprint density at radius 2 is 1.85 bits per heavy atom. The minimum Gasteiger partial charge on any atom is -0.497 e. The number of Topliss-reactive ketones (excluding diaryl/α,β-unsaturated/α-hetero) is 1. The molecule has 0 saturated carbocycles. The maximum atomic E-state index is 13.3. The van der Waals surface area contributed by atoms with Crippen LogP contribution in [0.2, 0.25) is 0 Å². The van der Waals surface area contributed by atoms with E-state index >= 15 is 0 Å². The number of methoxy groups -OCH3 is 1. The second-order valence-electron chi connectivity index (χ2n) is 8.82. The van der Waals surface area contributed by atoms with Gasteiger partial charge in [-0.05, 0) is 55.1 Å². The highest BCUT2D eigenvalue weighted by Crippen LogP contribution is 2.20. The molecule has 33 heavy (non-hydrogen) atoms. The Balaban J connectivity index is 1.67. The van der Waals surface area contributed by atoms with E-state index in [0.717, 1.165) is 43.5 Å². The van der Waals surface area contributed by atoms with Gasteiger partial charge in [-0.1, -0.05) is 69.2 Å². The fourth-order valence-corrected chi connectivity index (χ4v) is 4.20. The lowest BCUT2D eigenvalue weighted by atomic mass is 9.95. The van der Waals surface area contributed by atoms with Gasteiger partial charge in [0.25, 0.3) is 0 Å². The molecule has 0 unspecified atom stereocenters. The van der Waals surface area contributed by atoms with Crippen LogP contribution in [0, 0.1) is 5.92 Å². The van der Waals surface area contributed by atoms with Crippen LogP contribution in [0.5, 0.6) is 5.75 Å². The van der Waals surface area contributed by atoms with Crippen molar-refractivity contribution in [3.05, 3.63) is 71.8 Å². The number of amides is 1. The molecule has 1 aliphatic rings. The maximum Gasteiger partial charge on any atom is 0.237 e. The molecule has 1 saturated heterocycles. The average Bonchev–Trinajstić information content (AvgIpc) is 2.86. The van der Waals surface area contributed by atoms with Gasteiger partial charge < -0.3 is 10.1 Å². The van der Waals surface area contributed by atoms with Crippen LogP contribution in [0.1, 0.15) is 55.5 Å². The molecule has 1 fully saturated rings. The minimum absolute atomic E-state index is 0.0141. The summed E-state index contributed by atoms with van der Waals surface area (Å²) in [5.74, 6) is 1.08. The first-order chi connectivity index (χ1) is 16.0. The Labute approximate surface area is 197 Å². The number of ether oxygens (including phenoxy) is 1. The number of nitrogens with one attached hydrogen (secondary N) is 1. The summed E-state index contributed by atoms with van der Waals surface area (Å²) in [5, 5.41) is 3.27. The summed E-state index contributed by atoms with van der Waals surface area (Å²) in [6, 6.07) is 17.0. The Bertz CT molecular complexity index is 924. The van der Waals surface area contributed by atoms with Crippen LogP contribution < -0.4 is 10.1 Å². The Morgan fingerprint density at radius 3 is 2.52 bits per heavy atom. The Kier molecular flexibility index (Phi) is 9.25. The summed E-state index contributed by atoms with van der Waals surface area (Å²) < 4.78 is 5.18. The molecule has 1 aliphatic heterocycles. The lowest BCUT2D eigenvalue weighted by molar-refractivity contribution is -0.128. The molecule has 2 aromatic rings. The largest absolute Gasteiger partial charge is 0.497 e. The van der Waals surface area contributed by atoms with Crippen LogP contribution in [-0.2, 0) is 4.79 Å². The number of rotatable bonds is 10. The van der Waals surface area contributed by atoms with Gasteiger partial charge in [0, 0.05) is 5.56 Å². The highest BCUT2D eigenvalue weighted by Gasteiger charge is 2.31. The van der Waals surface area contributed by atoms with Crippen LogP contribution >= 0.6 is 0 Å². The van der Waals surface area contributed by atoms with Gasteiger partial charge in [-0.25, -0.2) is 0 Å². The second kappa shape index (κ2) is 12.4. The van der Waals surface area contributed by atoms with Gasteiger partial charge in [-0.2, -0.15) is 0 Å². The van der Waals surface area contributed by atoms with Gasteiger partial charge in [0.05, 0.1) is 25.7 Å². The van der Waals surface area contributed by atoms with E-state index in [-0.39, 0.29) is 30.3 Å². The van der Waals surface area contributed by atoms with E-state index < -0.39 is 0 Å². The molecule has 0 aromatic heterocycles. The zero-order valence-corrected chi connectivity index (χ0v) is 20.0. The van der Waals surface area contributed by atoms with E-state index in [1.165, 1.54) is 0 Å². The molecule has 0 aliphatic carbocycles. The third kappa shape index (κ3) is 7.03. The molecule has 1 N–H and O–H groups in total. The van der Waals surface area contributed by atoms with Gasteiger partial charge in [-0.15, -0.1) is 0 Å². The van der Waals surface area contributed by atoms with Crippen molar-refractivity contribution in [2.75, 3.05) is 20.2 Å². The first kappa shape index (κ1) is 24.7. The van der Waals surface area contributed by atoms with Gasteiger partial charge in [0.15, 0.2) is 5.78 Å². The summed E-state index contributed by atoms with van der Waals surface area (Å²) in [6.45, 7) is 5.30. The third-order valence-corrected chi connectivity index (χ3v) is 6.54. The maximum absolute atomic E-state index is 13.3. The molecule has 5 nitrogen and oxygen atoms in total. The highest BCUT2D eigenvalue weighted by molar-refractivity contribution is 5.98. The van der Waals surface area contributed by atoms with Crippen molar-refractivity contribution in [1.82, 2.24) is 10.2 Å². The number of hydrogen-bond acceptors (Lipinski definition) is 4. The zero-order valence-electron chi connectivity index (χ0n) is 20.0. The summed E-state index contributed by atoms with van der Waals surface area (Å²) in [7, 11) is 1.61. The second-order valence-corrected chi connectivity index (χ2v) is 8.82. The predicted molar refractivity (Wildman–Crippen MR) is 133 cm³/mol. The first-order valence-corrected chi connectivity index (χ1v) is 12.0. The van der Waals surface area contributed by atoms with Gasteiger partial charge in [-0.3, -0.25) is 14.5 Å². The van der Waals surface area contributed by atoms with Crippen LogP contribution in [0.25, 0.3) is 6.08 Å². The number of piperidine rings is 1. The molecule has 0 bridgehead atoms. The fourth-order valence-electron chi connectivity index (χ4n) is 4.20. The summed E-state index contributed by atoms with van der Waals surface area (Å²) in [6.07, 6.45) is 7.91. The van der Waals surface area contributed by atoms with Crippen molar-refractivity contribution in [1.29, 1.82) is 0 Å². The molecule has 1 amide bonds. The number of hydrogen-bond donors (Lipinski definition) is 1. The minimum atomic E-state index is -0.280. The summed E-state index contributed by atoms with van der Waals surface area (Å²) in [4.78, 5) is 28.3. The predicted octanol–water partition coefficient (Wildman–Crippen LogP) is 4.98. The topological polar surface area (TPSA) is 58.6 Å². The van der Waals surface area contributed by atoms with E-state index in [1.807, 2.05) is 23.1 Å². The number of nitrogens with zero attached hydrogens (tertiary/aromatic N) is 1. The van der Waals surface area contributed by atoms with E-state index in [9.17, 15) is 9.59 Å². The van der Waals surface area contributed by atoms with Crippen molar-refractivity contribution in [3.8, 4) is 5.75 Å². The first-order valence-electron chi connectivity index (χ1n) is 12.0. The zero-order chi connectivity index (χ0) is 23.6. The van der Waals surface area contributed by atoms with Gasteiger partial charge >= 0.3 is 0 Å². The summed E-state index contributed by atoms with van der Waals surface area (Å²) >= 11 is 0. The van der Waals surface area contributed by atoms with Gasteiger partial charge in [0.1, 0.15) is 5.75 Å². The fraction of sp³-hybridized carbons (Fsp3) is 0.429. The van der Waals surface area contributed by atoms with E-state index in [2.05, 4.69) is 43.4 Å². The quantitative estimate of drug-likeness (QED) is 0.521. The molecule has 0 radical (unpaired) electrons. The normalized spacial score (nSPS) is 18.6. The van der Waals surface area contributed by atoms with Crippen molar-refractivity contribution in [3.63, 3.8) is 0 Å². The molecule has 3 rings (SSSR count). The Hall–Kier alpha value is -2.92. The molecule has 3 atom stereocenters. The molecular formula is C28H36N2O3. The SMILES string of the molecule is CC[C@H](C)[C@@H](/C=C/c1ccccc1)NC(=O)[C@@H]1CCCCN1CC(=O)c1ccc(OC)cc1. The average molecular weight is 449 g/mol. The van der Waals surface area contributed by atoms with E-state index in [0.29, 0.717) is 11.5 Å². The van der Waals surface area contributed by atoms with Crippen LogP contribution in [0.4, 0.5) is 0 Å². The number of carbonyl (C=O) groups excluding carboxylic acids is 2. The molecule has 0 spiro atoms. The van der Waals surface area contributed by atoms with E-state index in [4.69, 9.17) is 4.74 Å². The molecule has 1 heterocycles. The number of ketones is 1. The van der Waals surface area contributed by atoms with Crippen molar-refractivity contribution in [2.45, 2.75) is 51.6 Å². The molecule has 2 aromatic carbocycles. The van der Waals surface area contributed by atoms with Crippen LogP contribution in [0.15, 0.2) is 60.7 Å². The van der Waals surface area contributed by atoms with Crippen molar-refractivity contribution < 1.29 is 14.3 Å². The third-order valence-electron chi connectivity index (χ3n) is 6.54. The number of likely N-dealkylation sites (tertiary alicyclic amines) is 1.